The van der Waals surface area contributed by atoms with Gasteiger partial charge in [0.2, 0.25) is 10.0 Å². The quantitative estimate of drug-likeness (QED) is 0.909. The van der Waals surface area contributed by atoms with Crippen LogP contribution in [0.4, 0.5) is 8.78 Å². The van der Waals surface area contributed by atoms with E-state index < -0.39 is 26.6 Å². The molecule has 2 rings (SSSR count). The van der Waals surface area contributed by atoms with E-state index in [0.29, 0.717) is 0 Å². The Balaban J connectivity index is 2.46. The van der Waals surface area contributed by atoms with E-state index in [1.165, 1.54) is 0 Å². The molecule has 0 aromatic heterocycles. The van der Waals surface area contributed by atoms with Crippen molar-refractivity contribution in [2.45, 2.75) is 37.5 Å². The number of nitrogens with two attached hydrogens (primary N) is 1. The molecule has 2 N–H and O–H groups in total. The summed E-state index contributed by atoms with van der Waals surface area (Å²) in [7, 11) is -4.13. The molecule has 0 aliphatic carbocycles. The third kappa shape index (κ3) is 3.23. The topological polar surface area (TPSA) is 72.6 Å². The minimum atomic E-state index is -4.13. The monoisotopic (exact) mass is 320 g/mol. The molecule has 118 valence electrons. The highest BCUT2D eigenvalue weighted by molar-refractivity contribution is 7.89. The Morgan fingerprint density at radius 2 is 1.86 bits per heavy atom. The molecular weight excluding hydrogens is 302 g/mol. The summed E-state index contributed by atoms with van der Waals surface area (Å²) in [5, 5.41) is 0. The van der Waals surface area contributed by atoms with Crippen LogP contribution in [-0.2, 0) is 21.3 Å². The zero-order chi connectivity index (χ0) is 15.8. The van der Waals surface area contributed by atoms with Gasteiger partial charge in [0.15, 0.2) is 11.6 Å². The molecular formula is C13H18F2N2O3S. The van der Waals surface area contributed by atoms with Crippen LogP contribution in [0.3, 0.4) is 0 Å². The minimum absolute atomic E-state index is 0.0738. The fourth-order valence-electron chi connectivity index (χ4n) is 2.39. The molecule has 1 aliphatic heterocycles. The van der Waals surface area contributed by atoms with Gasteiger partial charge in [0, 0.05) is 19.6 Å². The van der Waals surface area contributed by atoms with E-state index in [-0.39, 0.29) is 37.4 Å². The summed E-state index contributed by atoms with van der Waals surface area (Å²) in [5.74, 6) is -2.59. The van der Waals surface area contributed by atoms with Crippen molar-refractivity contribution in [3.05, 3.63) is 29.3 Å². The highest BCUT2D eigenvalue weighted by Gasteiger charge is 2.34. The summed E-state index contributed by atoms with van der Waals surface area (Å²) in [6, 6.07) is 1.98. The van der Waals surface area contributed by atoms with Gasteiger partial charge in [-0.3, -0.25) is 0 Å². The van der Waals surface area contributed by atoms with Crippen molar-refractivity contribution in [3.63, 3.8) is 0 Å². The Morgan fingerprint density at radius 1 is 1.29 bits per heavy atom. The number of hydrogen-bond acceptors (Lipinski definition) is 4. The maximum atomic E-state index is 13.9. The Labute approximate surface area is 122 Å². The second kappa shape index (κ2) is 5.96. The van der Waals surface area contributed by atoms with Crippen molar-refractivity contribution >= 4 is 10.0 Å². The van der Waals surface area contributed by atoms with Gasteiger partial charge in [0.1, 0.15) is 4.90 Å². The number of ether oxygens (including phenoxy) is 1. The van der Waals surface area contributed by atoms with E-state index in [4.69, 9.17) is 10.5 Å². The molecule has 21 heavy (non-hydrogen) atoms. The van der Waals surface area contributed by atoms with Gasteiger partial charge in [0.05, 0.1) is 12.2 Å². The first-order valence-corrected chi connectivity index (χ1v) is 8.03. The van der Waals surface area contributed by atoms with Crippen LogP contribution in [0.15, 0.2) is 17.0 Å². The Hall–Kier alpha value is -1.09. The Morgan fingerprint density at radius 3 is 2.38 bits per heavy atom. The van der Waals surface area contributed by atoms with Crippen molar-refractivity contribution in [3.8, 4) is 0 Å². The molecule has 0 spiro atoms. The number of hydrogen-bond donors (Lipinski definition) is 1. The van der Waals surface area contributed by atoms with Crippen LogP contribution < -0.4 is 5.73 Å². The average Bonchev–Trinajstić information content (AvgIpc) is 2.40. The van der Waals surface area contributed by atoms with Crippen LogP contribution in [-0.4, -0.2) is 38.0 Å². The molecule has 1 saturated heterocycles. The zero-order valence-electron chi connectivity index (χ0n) is 11.8. The molecule has 2 atom stereocenters. The normalized spacial score (nSPS) is 24.2. The highest BCUT2D eigenvalue weighted by atomic mass is 32.2. The van der Waals surface area contributed by atoms with Crippen LogP contribution in [0.2, 0.25) is 0 Å². The minimum Gasteiger partial charge on any atom is -0.373 e. The summed E-state index contributed by atoms with van der Waals surface area (Å²) in [4.78, 5) is -0.677. The number of benzene rings is 1. The van der Waals surface area contributed by atoms with Gasteiger partial charge in [0.25, 0.3) is 0 Å². The maximum absolute atomic E-state index is 13.9. The summed E-state index contributed by atoms with van der Waals surface area (Å²) in [6.45, 7) is 3.58. The predicted molar refractivity (Wildman–Crippen MR) is 73.0 cm³/mol. The predicted octanol–water partition coefficient (Wildman–Crippen LogP) is 1.22. The van der Waals surface area contributed by atoms with Crippen LogP contribution in [0, 0.1) is 11.6 Å². The average molecular weight is 320 g/mol. The molecule has 1 aromatic carbocycles. The maximum Gasteiger partial charge on any atom is 0.246 e. The number of sulfonamides is 1. The lowest BCUT2D eigenvalue weighted by molar-refractivity contribution is -0.0441. The van der Waals surface area contributed by atoms with Crippen LogP contribution in [0.1, 0.15) is 19.4 Å². The van der Waals surface area contributed by atoms with E-state index in [0.717, 1.165) is 16.4 Å². The Bertz CT molecular complexity index is 627. The molecule has 1 heterocycles. The zero-order valence-corrected chi connectivity index (χ0v) is 12.7. The highest BCUT2D eigenvalue weighted by Crippen LogP contribution is 2.25. The molecule has 0 amide bonds. The second-order valence-electron chi connectivity index (χ2n) is 5.17. The number of halogens is 2. The Kier molecular flexibility index (Phi) is 4.62. The molecule has 5 nitrogen and oxygen atoms in total. The van der Waals surface area contributed by atoms with Crippen molar-refractivity contribution in [2.24, 2.45) is 5.73 Å². The fraction of sp³-hybridized carbons (Fsp3) is 0.538. The van der Waals surface area contributed by atoms with Gasteiger partial charge in [-0.25, -0.2) is 17.2 Å². The van der Waals surface area contributed by atoms with Crippen molar-refractivity contribution < 1.29 is 21.9 Å². The number of rotatable bonds is 3. The largest absolute Gasteiger partial charge is 0.373 e. The second-order valence-corrected chi connectivity index (χ2v) is 7.08. The van der Waals surface area contributed by atoms with Gasteiger partial charge >= 0.3 is 0 Å². The lowest BCUT2D eigenvalue weighted by atomic mass is 10.2. The molecule has 0 unspecified atom stereocenters. The van der Waals surface area contributed by atoms with Gasteiger partial charge in [-0.15, -0.1) is 0 Å². The first kappa shape index (κ1) is 16.3. The van der Waals surface area contributed by atoms with Crippen molar-refractivity contribution in [1.82, 2.24) is 4.31 Å². The van der Waals surface area contributed by atoms with Gasteiger partial charge in [-0.1, -0.05) is 0 Å². The van der Waals surface area contributed by atoms with Crippen molar-refractivity contribution in [2.75, 3.05) is 13.1 Å². The van der Waals surface area contributed by atoms with Gasteiger partial charge < -0.3 is 10.5 Å². The third-order valence-corrected chi connectivity index (χ3v) is 5.13. The van der Waals surface area contributed by atoms with E-state index in [1.54, 1.807) is 13.8 Å². The molecule has 8 heteroatoms. The third-order valence-electron chi connectivity index (χ3n) is 3.29. The molecule has 1 fully saturated rings. The molecule has 1 aromatic rings. The van der Waals surface area contributed by atoms with Gasteiger partial charge in [-0.05, 0) is 31.5 Å². The lowest BCUT2D eigenvalue weighted by Crippen LogP contribution is -2.48. The molecule has 0 saturated carbocycles. The van der Waals surface area contributed by atoms with E-state index in [1.807, 2.05) is 0 Å². The summed E-state index contributed by atoms with van der Waals surface area (Å²) in [5.41, 5.74) is 5.61. The molecule has 1 aliphatic rings. The van der Waals surface area contributed by atoms with Gasteiger partial charge in [-0.2, -0.15) is 4.31 Å². The summed E-state index contributed by atoms with van der Waals surface area (Å²) < 4.78 is 59.1. The lowest BCUT2D eigenvalue weighted by Gasteiger charge is -2.34. The van der Waals surface area contributed by atoms with Crippen LogP contribution in [0.5, 0.6) is 0 Å². The SMILES string of the molecule is C[C@@H]1CN(S(=O)(=O)c2cc(CN)cc(F)c2F)C[C@H](C)O1. The summed E-state index contributed by atoms with van der Waals surface area (Å²) in [6.07, 6.45) is -0.622. The fourth-order valence-corrected chi connectivity index (χ4v) is 4.10. The van der Waals surface area contributed by atoms with E-state index in [2.05, 4.69) is 0 Å². The number of nitrogens with zero attached hydrogens (tertiary/aromatic N) is 1. The van der Waals surface area contributed by atoms with Crippen LogP contribution >= 0.6 is 0 Å². The van der Waals surface area contributed by atoms with E-state index in [9.17, 15) is 17.2 Å². The first-order chi connectivity index (χ1) is 9.75. The number of morpholine rings is 1. The molecule has 0 radical (unpaired) electrons. The van der Waals surface area contributed by atoms with Crippen LogP contribution in [0.25, 0.3) is 0 Å². The standard InChI is InChI=1S/C13H18F2N2O3S/c1-8-6-17(7-9(2)20-8)21(18,19)12-4-10(5-16)3-11(14)13(12)15/h3-4,8-9H,5-7,16H2,1-2H3/t8-,9+. The van der Waals surface area contributed by atoms with Crippen molar-refractivity contribution in [1.29, 1.82) is 0 Å². The molecule has 0 bridgehead atoms. The first-order valence-electron chi connectivity index (χ1n) is 6.59. The smallest absolute Gasteiger partial charge is 0.246 e. The summed E-state index contributed by atoms with van der Waals surface area (Å²) >= 11 is 0. The van der Waals surface area contributed by atoms with E-state index >= 15 is 0 Å².